The average molecular weight is 445 g/mol. The van der Waals surface area contributed by atoms with Crippen molar-refractivity contribution in [2.75, 3.05) is 25.5 Å². The molecule has 0 radical (unpaired) electrons. The Labute approximate surface area is 178 Å². The van der Waals surface area contributed by atoms with Gasteiger partial charge in [-0.1, -0.05) is 17.7 Å². The number of sulfonamides is 1. The first-order chi connectivity index (χ1) is 14.6. The molecular weight excluding hydrogens is 426 g/mol. The first kappa shape index (κ1) is 22.1. The van der Waals surface area contributed by atoms with Crippen LogP contribution >= 0.6 is 0 Å². The number of benzene rings is 2. The molecule has 162 valence electrons. The second-order valence-corrected chi connectivity index (χ2v) is 8.54. The molecule has 0 bridgehead atoms. The quantitative estimate of drug-likeness (QED) is 0.472. The molecule has 1 aliphatic rings. The van der Waals surface area contributed by atoms with Gasteiger partial charge in [-0.05, 0) is 37.3 Å². The van der Waals surface area contributed by atoms with Crippen LogP contribution in [0.3, 0.4) is 0 Å². The summed E-state index contributed by atoms with van der Waals surface area (Å²) in [4.78, 5) is 48.6. The van der Waals surface area contributed by atoms with Gasteiger partial charge in [0.05, 0.1) is 16.0 Å². The molecule has 0 aromatic heterocycles. The predicted molar refractivity (Wildman–Crippen MR) is 109 cm³/mol. The van der Waals surface area contributed by atoms with Crippen LogP contribution < -0.4 is 10.0 Å². The Morgan fingerprint density at radius 2 is 1.65 bits per heavy atom. The molecule has 2 aromatic rings. The van der Waals surface area contributed by atoms with Gasteiger partial charge >= 0.3 is 5.97 Å². The van der Waals surface area contributed by atoms with Gasteiger partial charge < -0.3 is 10.1 Å². The van der Waals surface area contributed by atoms with Gasteiger partial charge in [-0.3, -0.25) is 24.1 Å². The third kappa shape index (κ3) is 4.95. The van der Waals surface area contributed by atoms with E-state index < -0.39 is 46.9 Å². The van der Waals surface area contributed by atoms with E-state index in [-0.39, 0.29) is 21.7 Å². The fourth-order valence-corrected chi connectivity index (χ4v) is 3.76. The molecule has 31 heavy (non-hydrogen) atoms. The summed E-state index contributed by atoms with van der Waals surface area (Å²) < 4.78 is 31.1. The van der Waals surface area contributed by atoms with Crippen molar-refractivity contribution in [1.82, 2.24) is 9.62 Å². The highest BCUT2D eigenvalue weighted by Gasteiger charge is 2.32. The molecular formula is C20H19N3O7S. The number of hydrogen-bond donors (Lipinski definition) is 2. The van der Waals surface area contributed by atoms with Crippen LogP contribution in [0.5, 0.6) is 0 Å². The zero-order valence-corrected chi connectivity index (χ0v) is 17.5. The normalized spacial score (nSPS) is 13.2. The number of ether oxygens (including phenoxy) is 1. The van der Waals surface area contributed by atoms with E-state index in [2.05, 4.69) is 10.0 Å². The molecule has 0 saturated heterocycles. The van der Waals surface area contributed by atoms with Crippen LogP contribution in [0.15, 0.2) is 47.4 Å². The summed E-state index contributed by atoms with van der Waals surface area (Å²) in [7, 11) is -2.54. The monoisotopic (exact) mass is 445 g/mol. The number of fused-ring (bicyclic) bond motifs is 1. The van der Waals surface area contributed by atoms with Crippen molar-refractivity contribution in [2.24, 2.45) is 0 Å². The van der Waals surface area contributed by atoms with E-state index in [1.165, 1.54) is 37.4 Å². The number of esters is 1. The Morgan fingerprint density at radius 1 is 1.00 bits per heavy atom. The lowest BCUT2D eigenvalue weighted by molar-refractivity contribution is -0.146. The van der Waals surface area contributed by atoms with E-state index in [1.807, 2.05) is 6.92 Å². The third-order valence-corrected chi connectivity index (χ3v) is 5.89. The zero-order chi connectivity index (χ0) is 22.8. The Bertz CT molecular complexity index is 1170. The molecule has 0 spiro atoms. The number of imide groups is 1. The van der Waals surface area contributed by atoms with Gasteiger partial charge in [0.2, 0.25) is 10.0 Å². The van der Waals surface area contributed by atoms with Gasteiger partial charge in [0.15, 0.2) is 6.61 Å². The number of amides is 3. The number of carbonyl (C=O) groups is 4. The van der Waals surface area contributed by atoms with Gasteiger partial charge in [-0.25, -0.2) is 8.42 Å². The van der Waals surface area contributed by atoms with Crippen LogP contribution in [-0.2, 0) is 24.3 Å². The summed E-state index contributed by atoms with van der Waals surface area (Å²) in [5, 5.41) is 2.44. The lowest BCUT2D eigenvalue weighted by Gasteiger charge is -2.09. The fourth-order valence-electron chi connectivity index (χ4n) is 2.79. The van der Waals surface area contributed by atoms with Crippen molar-refractivity contribution in [3.05, 3.63) is 59.2 Å². The van der Waals surface area contributed by atoms with E-state index in [4.69, 9.17) is 4.74 Å². The number of rotatable bonds is 7. The van der Waals surface area contributed by atoms with Crippen molar-refractivity contribution in [1.29, 1.82) is 0 Å². The maximum Gasteiger partial charge on any atom is 0.321 e. The largest absolute Gasteiger partial charge is 0.455 e. The maximum atomic E-state index is 12.1. The van der Waals surface area contributed by atoms with Crippen LogP contribution in [0.25, 0.3) is 0 Å². The topological polar surface area (TPSA) is 139 Å². The standard InChI is InChI=1S/C20H19N3O7S/c1-12-3-6-14(7-4-12)31(28,29)21-10-18(25)30-11-17(24)22-13-5-8-15-16(9-13)20(27)23(2)19(15)26/h3-9,21H,10-11H2,1-2H3,(H,22,24). The molecule has 2 aromatic carbocycles. The smallest absolute Gasteiger partial charge is 0.321 e. The highest BCUT2D eigenvalue weighted by atomic mass is 32.2. The Morgan fingerprint density at radius 3 is 2.32 bits per heavy atom. The SMILES string of the molecule is Cc1ccc(S(=O)(=O)NCC(=O)OCC(=O)Nc2ccc3c(c2)C(=O)N(C)C3=O)cc1. The first-order valence-electron chi connectivity index (χ1n) is 9.07. The highest BCUT2D eigenvalue weighted by Crippen LogP contribution is 2.24. The van der Waals surface area contributed by atoms with Crippen LogP contribution in [0, 0.1) is 6.92 Å². The highest BCUT2D eigenvalue weighted by molar-refractivity contribution is 7.89. The van der Waals surface area contributed by atoms with Crippen molar-refractivity contribution >= 4 is 39.4 Å². The third-order valence-electron chi connectivity index (χ3n) is 4.48. The summed E-state index contributed by atoms with van der Waals surface area (Å²) in [6.07, 6.45) is 0. The summed E-state index contributed by atoms with van der Waals surface area (Å²) in [6, 6.07) is 10.3. The number of hydrogen-bond acceptors (Lipinski definition) is 7. The molecule has 3 amide bonds. The first-order valence-corrected chi connectivity index (χ1v) is 10.5. The molecule has 0 unspecified atom stereocenters. The molecule has 0 atom stereocenters. The minimum atomic E-state index is -3.89. The van der Waals surface area contributed by atoms with Crippen LogP contribution in [0.1, 0.15) is 26.3 Å². The van der Waals surface area contributed by atoms with Crippen molar-refractivity contribution in [3.8, 4) is 0 Å². The van der Waals surface area contributed by atoms with E-state index in [0.29, 0.717) is 0 Å². The van der Waals surface area contributed by atoms with Crippen molar-refractivity contribution < 1.29 is 32.3 Å². The summed E-state index contributed by atoms with van der Waals surface area (Å²) in [5.41, 5.74) is 1.53. The number of nitrogens with one attached hydrogen (secondary N) is 2. The Hall–Kier alpha value is -3.57. The molecule has 0 fully saturated rings. The number of anilines is 1. The minimum Gasteiger partial charge on any atom is -0.455 e. The van der Waals surface area contributed by atoms with Crippen LogP contribution in [-0.4, -0.2) is 57.2 Å². The van der Waals surface area contributed by atoms with Gasteiger partial charge in [0.1, 0.15) is 6.54 Å². The Kier molecular flexibility index (Phi) is 6.18. The molecule has 1 aliphatic heterocycles. The maximum absolute atomic E-state index is 12.1. The minimum absolute atomic E-state index is 0.000994. The number of aryl methyl sites for hydroxylation is 1. The van der Waals surface area contributed by atoms with E-state index in [0.717, 1.165) is 10.5 Å². The van der Waals surface area contributed by atoms with E-state index >= 15 is 0 Å². The van der Waals surface area contributed by atoms with Crippen molar-refractivity contribution in [2.45, 2.75) is 11.8 Å². The zero-order valence-electron chi connectivity index (χ0n) is 16.7. The van der Waals surface area contributed by atoms with E-state index in [1.54, 1.807) is 12.1 Å². The van der Waals surface area contributed by atoms with Gasteiger partial charge in [0.25, 0.3) is 17.7 Å². The molecule has 1 heterocycles. The van der Waals surface area contributed by atoms with Gasteiger partial charge in [-0.15, -0.1) is 0 Å². The predicted octanol–water partition coefficient (Wildman–Crippen LogP) is 0.681. The van der Waals surface area contributed by atoms with Crippen LogP contribution in [0.4, 0.5) is 5.69 Å². The molecule has 3 rings (SSSR count). The summed E-state index contributed by atoms with van der Waals surface area (Å²) in [6.45, 7) is 0.505. The van der Waals surface area contributed by atoms with Crippen LogP contribution in [0.2, 0.25) is 0 Å². The summed E-state index contributed by atoms with van der Waals surface area (Å²) in [5.74, 6) is -2.55. The average Bonchev–Trinajstić information content (AvgIpc) is 2.95. The van der Waals surface area contributed by atoms with E-state index in [9.17, 15) is 27.6 Å². The second kappa shape index (κ2) is 8.66. The fraction of sp³-hybridized carbons (Fsp3) is 0.200. The van der Waals surface area contributed by atoms with Gasteiger partial charge in [0, 0.05) is 12.7 Å². The number of nitrogens with zero attached hydrogens (tertiary/aromatic N) is 1. The molecule has 2 N–H and O–H groups in total. The lowest BCUT2D eigenvalue weighted by Crippen LogP contribution is -2.32. The molecule has 10 nitrogen and oxygen atoms in total. The van der Waals surface area contributed by atoms with Gasteiger partial charge in [-0.2, -0.15) is 4.72 Å². The Balaban J connectivity index is 1.50. The van der Waals surface area contributed by atoms with Crippen molar-refractivity contribution in [3.63, 3.8) is 0 Å². The molecule has 0 aliphatic carbocycles. The lowest BCUT2D eigenvalue weighted by atomic mass is 10.1. The molecule has 11 heteroatoms. The summed E-state index contributed by atoms with van der Waals surface area (Å²) >= 11 is 0. The second-order valence-electron chi connectivity index (χ2n) is 6.78. The number of carbonyl (C=O) groups excluding carboxylic acids is 4. The molecule has 0 saturated carbocycles.